The maximum Gasteiger partial charge on any atom is 0.234 e. The van der Waals surface area contributed by atoms with E-state index in [1.165, 1.54) is 17.3 Å². The zero-order valence-corrected chi connectivity index (χ0v) is 9.15. The van der Waals surface area contributed by atoms with E-state index in [1.54, 1.807) is 0 Å². The van der Waals surface area contributed by atoms with Crippen molar-refractivity contribution in [2.75, 3.05) is 0 Å². The molecule has 1 nitrogen and oxygen atoms in total. The summed E-state index contributed by atoms with van der Waals surface area (Å²) in [4.78, 5) is 11.9. The lowest BCUT2D eigenvalue weighted by atomic mass is 10.2. The van der Waals surface area contributed by atoms with Gasteiger partial charge >= 0.3 is 0 Å². The maximum atomic E-state index is 10.8. The maximum absolute atomic E-state index is 10.8. The number of halogens is 1. The molecule has 0 saturated heterocycles. The highest BCUT2D eigenvalue weighted by molar-refractivity contribution is 8.00. The molecule has 1 unspecified atom stereocenters. The molecule has 1 aromatic carbocycles. The van der Waals surface area contributed by atoms with Crippen LogP contribution in [0.5, 0.6) is 0 Å². The molecule has 0 aromatic heterocycles. The Balaban J connectivity index is 2.69. The molecule has 70 valence electrons. The van der Waals surface area contributed by atoms with E-state index in [1.807, 2.05) is 38.1 Å². The largest absolute Gasteiger partial charge is 0.280 e. The highest BCUT2D eigenvalue weighted by Gasteiger charge is 2.10. The van der Waals surface area contributed by atoms with E-state index >= 15 is 0 Å². The Hall–Kier alpha value is -0.470. The Morgan fingerprint density at radius 3 is 2.77 bits per heavy atom. The van der Waals surface area contributed by atoms with Crippen molar-refractivity contribution in [1.82, 2.24) is 0 Å². The number of hydrogen-bond donors (Lipinski definition) is 0. The lowest BCUT2D eigenvalue weighted by molar-refractivity contribution is -0.111. The predicted molar refractivity (Wildman–Crippen MR) is 57.4 cm³/mol. The van der Waals surface area contributed by atoms with Gasteiger partial charge in [-0.05, 0) is 37.6 Å². The second kappa shape index (κ2) is 4.68. The van der Waals surface area contributed by atoms with Crippen LogP contribution in [0.25, 0.3) is 0 Å². The van der Waals surface area contributed by atoms with Gasteiger partial charge in [0.05, 0.1) is 5.25 Å². The third kappa shape index (κ3) is 3.41. The van der Waals surface area contributed by atoms with E-state index < -0.39 is 0 Å². The summed E-state index contributed by atoms with van der Waals surface area (Å²) in [6.07, 6.45) is 0. The lowest BCUT2D eigenvalue weighted by Gasteiger charge is -2.05. The van der Waals surface area contributed by atoms with Gasteiger partial charge in [0, 0.05) is 4.90 Å². The molecule has 1 aromatic rings. The SMILES string of the molecule is Cc1cccc(SC(C)C(=O)Cl)c1. The van der Waals surface area contributed by atoms with Gasteiger partial charge in [-0.15, -0.1) is 11.8 Å². The lowest BCUT2D eigenvalue weighted by Crippen LogP contribution is -2.04. The molecular weight excluding hydrogens is 204 g/mol. The molecule has 0 amide bonds. The van der Waals surface area contributed by atoms with E-state index in [9.17, 15) is 4.79 Å². The van der Waals surface area contributed by atoms with Crippen molar-refractivity contribution in [1.29, 1.82) is 0 Å². The first-order valence-corrected chi connectivity index (χ1v) is 5.28. The summed E-state index contributed by atoms with van der Waals surface area (Å²) in [5, 5.41) is -0.477. The van der Waals surface area contributed by atoms with Crippen LogP contribution < -0.4 is 0 Å². The van der Waals surface area contributed by atoms with Gasteiger partial charge in [0.1, 0.15) is 0 Å². The van der Waals surface area contributed by atoms with Crippen molar-refractivity contribution in [3.05, 3.63) is 29.8 Å². The van der Waals surface area contributed by atoms with E-state index in [-0.39, 0.29) is 10.5 Å². The number of benzene rings is 1. The summed E-state index contributed by atoms with van der Waals surface area (Å²) < 4.78 is 0. The van der Waals surface area contributed by atoms with Crippen LogP contribution in [0.15, 0.2) is 29.2 Å². The zero-order valence-electron chi connectivity index (χ0n) is 7.58. The third-order valence-electron chi connectivity index (χ3n) is 1.62. The molecule has 0 fully saturated rings. The van der Waals surface area contributed by atoms with Crippen LogP contribution in [0.1, 0.15) is 12.5 Å². The Bertz CT molecular complexity index is 312. The van der Waals surface area contributed by atoms with Gasteiger partial charge < -0.3 is 0 Å². The fourth-order valence-electron chi connectivity index (χ4n) is 0.939. The summed E-state index contributed by atoms with van der Waals surface area (Å²) in [6.45, 7) is 3.83. The summed E-state index contributed by atoms with van der Waals surface area (Å²) in [5.74, 6) is 0. The minimum atomic E-state index is -0.300. The molecule has 0 saturated carbocycles. The normalized spacial score (nSPS) is 12.5. The molecule has 13 heavy (non-hydrogen) atoms. The first kappa shape index (κ1) is 10.6. The molecule has 0 spiro atoms. The molecule has 0 heterocycles. The number of carbonyl (C=O) groups is 1. The van der Waals surface area contributed by atoms with Crippen LogP contribution in [-0.4, -0.2) is 10.5 Å². The van der Waals surface area contributed by atoms with Crippen LogP contribution in [-0.2, 0) is 4.79 Å². The van der Waals surface area contributed by atoms with Crippen molar-refractivity contribution in [3.63, 3.8) is 0 Å². The summed E-state index contributed by atoms with van der Waals surface area (Å²) in [5.41, 5.74) is 1.19. The number of carbonyl (C=O) groups excluding carboxylic acids is 1. The molecule has 0 radical (unpaired) electrons. The van der Waals surface area contributed by atoms with Crippen molar-refractivity contribution in [2.45, 2.75) is 24.0 Å². The second-order valence-electron chi connectivity index (χ2n) is 2.88. The zero-order chi connectivity index (χ0) is 9.84. The van der Waals surface area contributed by atoms with Crippen molar-refractivity contribution in [3.8, 4) is 0 Å². The van der Waals surface area contributed by atoms with Gasteiger partial charge in [-0.1, -0.05) is 17.7 Å². The molecule has 1 atom stereocenters. The van der Waals surface area contributed by atoms with Crippen LogP contribution >= 0.6 is 23.4 Å². The minimum Gasteiger partial charge on any atom is -0.280 e. The Morgan fingerprint density at radius 2 is 2.23 bits per heavy atom. The third-order valence-corrected chi connectivity index (χ3v) is 3.17. The molecule has 1 rings (SSSR count). The van der Waals surface area contributed by atoms with Crippen LogP contribution in [0.4, 0.5) is 0 Å². The van der Waals surface area contributed by atoms with Gasteiger partial charge in [0.15, 0.2) is 0 Å². The van der Waals surface area contributed by atoms with Crippen molar-refractivity contribution < 1.29 is 4.79 Å². The smallest absolute Gasteiger partial charge is 0.234 e. The molecule has 0 aliphatic heterocycles. The summed E-state index contributed by atoms with van der Waals surface area (Å²) in [7, 11) is 0. The van der Waals surface area contributed by atoms with Crippen molar-refractivity contribution >= 4 is 28.6 Å². The quantitative estimate of drug-likeness (QED) is 0.568. The van der Waals surface area contributed by atoms with Gasteiger partial charge in [-0.3, -0.25) is 4.79 Å². The first-order chi connectivity index (χ1) is 6.09. The first-order valence-electron chi connectivity index (χ1n) is 4.02. The molecular formula is C10H11ClOS. The highest BCUT2D eigenvalue weighted by atomic mass is 35.5. The average Bonchev–Trinajstić information content (AvgIpc) is 2.04. The number of hydrogen-bond acceptors (Lipinski definition) is 2. The Kier molecular flexibility index (Phi) is 3.82. The summed E-state index contributed by atoms with van der Waals surface area (Å²) >= 11 is 6.84. The standard InChI is InChI=1S/C10H11ClOS/c1-7-4-3-5-9(6-7)13-8(2)10(11)12/h3-6,8H,1-2H3. The van der Waals surface area contributed by atoms with Crippen LogP contribution in [0.3, 0.4) is 0 Å². The fourth-order valence-corrected chi connectivity index (χ4v) is 1.98. The van der Waals surface area contributed by atoms with E-state index in [0.29, 0.717) is 0 Å². The van der Waals surface area contributed by atoms with Gasteiger partial charge in [-0.25, -0.2) is 0 Å². The molecule has 0 aliphatic rings. The van der Waals surface area contributed by atoms with E-state index in [2.05, 4.69) is 0 Å². The second-order valence-corrected chi connectivity index (χ2v) is 4.67. The van der Waals surface area contributed by atoms with Crippen LogP contribution in [0, 0.1) is 6.92 Å². The number of aryl methyl sites for hydroxylation is 1. The Morgan fingerprint density at radius 1 is 1.54 bits per heavy atom. The number of rotatable bonds is 3. The monoisotopic (exact) mass is 214 g/mol. The van der Waals surface area contributed by atoms with Gasteiger partial charge in [0.25, 0.3) is 0 Å². The highest BCUT2D eigenvalue weighted by Crippen LogP contribution is 2.24. The topological polar surface area (TPSA) is 17.1 Å². The predicted octanol–water partition coefficient (Wildman–Crippen LogP) is 3.24. The summed E-state index contributed by atoms with van der Waals surface area (Å²) in [6, 6.07) is 8.02. The molecule has 0 aliphatic carbocycles. The molecule has 0 bridgehead atoms. The van der Waals surface area contributed by atoms with Crippen molar-refractivity contribution in [2.24, 2.45) is 0 Å². The van der Waals surface area contributed by atoms with Gasteiger partial charge in [-0.2, -0.15) is 0 Å². The fraction of sp³-hybridized carbons (Fsp3) is 0.300. The number of thioether (sulfide) groups is 1. The van der Waals surface area contributed by atoms with E-state index in [4.69, 9.17) is 11.6 Å². The van der Waals surface area contributed by atoms with Crippen LogP contribution in [0.2, 0.25) is 0 Å². The van der Waals surface area contributed by atoms with E-state index in [0.717, 1.165) is 4.90 Å². The minimum absolute atomic E-state index is 0.177. The Labute approximate surface area is 87.5 Å². The van der Waals surface area contributed by atoms with Gasteiger partial charge in [0.2, 0.25) is 5.24 Å². The molecule has 0 N–H and O–H groups in total. The average molecular weight is 215 g/mol. The molecule has 3 heteroatoms.